The molecule has 3 heteroatoms. The predicted molar refractivity (Wildman–Crippen MR) is 89.3 cm³/mol. The average Bonchev–Trinajstić information content (AvgIpc) is 2.36. The van der Waals surface area contributed by atoms with Crippen LogP contribution in [0.4, 0.5) is 0 Å². The molecule has 2 aromatic rings. The number of rotatable bonds is 2. The van der Waals surface area contributed by atoms with Crippen molar-refractivity contribution in [3.8, 4) is 0 Å². The van der Waals surface area contributed by atoms with E-state index in [1.807, 2.05) is 12.1 Å². The molecular formula is C17H17Cl3. The van der Waals surface area contributed by atoms with Crippen molar-refractivity contribution in [2.24, 2.45) is 0 Å². The molecule has 20 heavy (non-hydrogen) atoms. The van der Waals surface area contributed by atoms with Crippen molar-refractivity contribution in [1.82, 2.24) is 0 Å². The van der Waals surface area contributed by atoms with Crippen LogP contribution in [0.15, 0.2) is 42.5 Å². The molecule has 0 saturated carbocycles. The molecule has 106 valence electrons. The molecule has 0 spiro atoms. The lowest BCUT2D eigenvalue weighted by molar-refractivity contribution is 0.590. The van der Waals surface area contributed by atoms with E-state index in [1.165, 1.54) is 5.56 Å². The monoisotopic (exact) mass is 326 g/mol. The summed E-state index contributed by atoms with van der Waals surface area (Å²) in [5, 5.41) is 0.953. The highest BCUT2D eigenvalue weighted by molar-refractivity contribution is 6.35. The second-order valence-electron chi connectivity index (χ2n) is 5.94. The van der Waals surface area contributed by atoms with Crippen LogP contribution in [0.3, 0.4) is 0 Å². The van der Waals surface area contributed by atoms with E-state index in [0.29, 0.717) is 10.0 Å². The summed E-state index contributed by atoms with van der Waals surface area (Å²) in [5.41, 5.74) is 3.37. The van der Waals surface area contributed by atoms with Gasteiger partial charge in [-0.15, -0.1) is 11.6 Å². The molecule has 0 aliphatic carbocycles. The molecule has 0 aliphatic heterocycles. The standard InChI is InChI=1S/C17H17Cl3/c1-17(2,3)13-6-4-11(5-7-13)16(20)12-8-14(18)10-15(19)9-12/h4-10,16H,1-3H3. The molecule has 0 bridgehead atoms. The second kappa shape index (κ2) is 5.97. The van der Waals surface area contributed by atoms with Gasteiger partial charge in [-0.2, -0.15) is 0 Å². The number of alkyl halides is 1. The Morgan fingerprint density at radius 3 is 1.75 bits per heavy atom. The van der Waals surface area contributed by atoms with Gasteiger partial charge >= 0.3 is 0 Å². The van der Waals surface area contributed by atoms with Gasteiger partial charge in [0.15, 0.2) is 0 Å². The first-order valence-corrected chi connectivity index (χ1v) is 7.67. The van der Waals surface area contributed by atoms with Crippen molar-refractivity contribution in [3.63, 3.8) is 0 Å². The van der Waals surface area contributed by atoms with E-state index < -0.39 is 0 Å². The zero-order chi connectivity index (χ0) is 14.9. The minimum absolute atomic E-state index is 0.139. The SMILES string of the molecule is CC(C)(C)c1ccc(C(Cl)c2cc(Cl)cc(Cl)c2)cc1. The Bertz CT molecular complexity index is 574. The molecule has 1 unspecified atom stereocenters. The highest BCUT2D eigenvalue weighted by atomic mass is 35.5. The van der Waals surface area contributed by atoms with E-state index in [4.69, 9.17) is 34.8 Å². The Kier molecular flexibility index (Phi) is 4.69. The summed E-state index contributed by atoms with van der Waals surface area (Å²) in [6.07, 6.45) is 0. The Morgan fingerprint density at radius 2 is 1.30 bits per heavy atom. The zero-order valence-electron chi connectivity index (χ0n) is 11.8. The lowest BCUT2D eigenvalue weighted by Crippen LogP contribution is -2.10. The third-order valence-corrected chi connectivity index (χ3v) is 4.19. The molecule has 0 radical (unpaired) electrons. The average molecular weight is 328 g/mol. The first-order chi connectivity index (χ1) is 9.27. The maximum atomic E-state index is 6.52. The predicted octanol–water partition coefficient (Wildman–Crippen LogP) is 6.62. The summed E-state index contributed by atoms with van der Waals surface area (Å²) >= 11 is 18.6. The molecule has 0 saturated heterocycles. The van der Waals surface area contributed by atoms with Gasteiger partial charge in [0.1, 0.15) is 0 Å². The van der Waals surface area contributed by atoms with E-state index in [0.717, 1.165) is 11.1 Å². The maximum absolute atomic E-state index is 6.52. The molecule has 2 aromatic carbocycles. The Balaban J connectivity index is 2.31. The van der Waals surface area contributed by atoms with Crippen LogP contribution < -0.4 is 0 Å². The molecule has 0 N–H and O–H groups in total. The van der Waals surface area contributed by atoms with Crippen LogP contribution in [0.2, 0.25) is 10.0 Å². The summed E-state index contributed by atoms with van der Waals surface area (Å²) in [6.45, 7) is 6.57. The lowest BCUT2D eigenvalue weighted by Gasteiger charge is -2.20. The molecule has 1 atom stereocenters. The van der Waals surface area contributed by atoms with Crippen molar-refractivity contribution in [2.75, 3.05) is 0 Å². The van der Waals surface area contributed by atoms with Crippen molar-refractivity contribution < 1.29 is 0 Å². The number of hydrogen-bond acceptors (Lipinski definition) is 0. The Morgan fingerprint density at radius 1 is 0.800 bits per heavy atom. The third kappa shape index (κ3) is 3.69. The molecule has 0 fully saturated rings. The third-order valence-electron chi connectivity index (χ3n) is 3.25. The fourth-order valence-corrected chi connectivity index (χ4v) is 2.88. The van der Waals surface area contributed by atoms with E-state index in [2.05, 4.69) is 45.0 Å². The Labute approximate surface area is 135 Å². The molecular weight excluding hydrogens is 311 g/mol. The number of halogens is 3. The van der Waals surface area contributed by atoms with Gasteiger partial charge in [0.2, 0.25) is 0 Å². The summed E-state index contributed by atoms with van der Waals surface area (Å²) in [6, 6.07) is 13.8. The highest BCUT2D eigenvalue weighted by Crippen LogP contribution is 2.33. The van der Waals surface area contributed by atoms with Gasteiger partial charge in [-0.05, 0) is 40.3 Å². The van der Waals surface area contributed by atoms with Gasteiger partial charge in [0.05, 0.1) is 5.38 Å². The van der Waals surface area contributed by atoms with Crippen LogP contribution in [-0.4, -0.2) is 0 Å². The zero-order valence-corrected chi connectivity index (χ0v) is 14.0. The topological polar surface area (TPSA) is 0 Å². The number of hydrogen-bond donors (Lipinski definition) is 0. The maximum Gasteiger partial charge on any atom is 0.0836 e. The van der Waals surface area contributed by atoms with E-state index in [-0.39, 0.29) is 10.8 Å². The molecule has 0 heterocycles. The van der Waals surface area contributed by atoms with Crippen LogP contribution in [0.5, 0.6) is 0 Å². The Hall–Kier alpha value is -0.690. The van der Waals surface area contributed by atoms with Gasteiger partial charge in [0.25, 0.3) is 0 Å². The normalized spacial score (nSPS) is 13.3. The molecule has 0 amide bonds. The van der Waals surface area contributed by atoms with Crippen LogP contribution >= 0.6 is 34.8 Å². The summed E-state index contributed by atoms with van der Waals surface area (Å²) < 4.78 is 0. The molecule has 0 nitrogen and oxygen atoms in total. The minimum Gasteiger partial charge on any atom is -0.113 e. The van der Waals surface area contributed by atoms with E-state index in [9.17, 15) is 0 Å². The second-order valence-corrected chi connectivity index (χ2v) is 7.25. The van der Waals surface area contributed by atoms with Crippen molar-refractivity contribution in [1.29, 1.82) is 0 Å². The lowest BCUT2D eigenvalue weighted by atomic mass is 9.86. The first-order valence-electron chi connectivity index (χ1n) is 6.48. The van der Waals surface area contributed by atoms with Crippen LogP contribution in [0.25, 0.3) is 0 Å². The van der Waals surface area contributed by atoms with Gasteiger partial charge < -0.3 is 0 Å². The van der Waals surface area contributed by atoms with Gasteiger partial charge in [0, 0.05) is 10.0 Å². The smallest absolute Gasteiger partial charge is 0.0836 e. The van der Waals surface area contributed by atoms with Crippen LogP contribution in [-0.2, 0) is 5.41 Å². The van der Waals surface area contributed by atoms with Crippen molar-refractivity contribution >= 4 is 34.8 Å². The van der Waals surface area contributed by atoms with Gasteiger partial charge in [-0.3, -0.25) is 0 Å². The minimum atomic E-state index is -0.250. The van der Waals surface area contributed by atoms with Crippen molar-refractivity contribution in [3.05, 3.63) is 69.2 Å². The molecule has 2 rings (SSSR count). The fourth-order valence-electron chi connectivity index (χ4n) is 2.07. The largest absolute Gasteiger partial charge is 0.113 e. The van der Waals surface area contributed by atoms with Gasteiger partial charge in [-0.1, -0.05) is 68.2 Å². The van der Waals surface area contributed by atoms with Crippen molar-refractivity contribution in [2.45, 2.75) is 31.6 Å². The van der Waals surface area contributed by atoms with E-state index >= 15 is 0 Å². The van der Waals surface area contributed by atoms with Gasteiger partial charge in [-0.25, -0.2) is 0 Å². The highest BCUT2D eigenvalue weighted by Gasteiger charge is 2.16. The fraction of sp³-hybridized carbons (Fsp3) is 0.294. The van der Waals surface area contributed by atoms with Crippen LogP contribution in [0, 0.1) is 0 Å². The summed E-state index contributed by atoms with van der Waals surface area (Å²) in [4.78, 5) is 0. The first kappa shape index (κ1) is 15.7. The summed E-state index contributed by atoms with van der Waals surface area (Å²) in [5.74, 6) is 0. The quantitative estimate of drug-likeness (QED) is 0.544. The molecule has 0 aromatic heterocycles. The summed E-state index contributed by atoms with van der Waals surface area (Å²) in [7, 11) is 0. The molecule has 0 aliphatic rings. The van der Waals surface area contributed by atoms with E-state index in [1.54, 1.807) is 6.07 Å². The van der Waals surface area contributed by atoms with Crippen LogP contribution in [0.1, 0.15) is 42.8 Å². The number of benzene rings is 2.